The molecule has 1 atom stereocenters. The second kappa shape index (κ2) is 6.18. The van der Waals surface area contributed by atoms with Crippen molar-refractivity contribution in [2.24, 2.45) is 0 Å². The molecule has 0 saturated heterocycles. The van der Waals surface area contributed by atoms with Gasteiger partial charge in [-0.05, 0) is 42.3 Å². The molecule has 0 bridgehead atoms. The first-order chi connectivity index (χ1) is 9.10. The van der Waals surface area contributed by atoms with Crippen molar-refractivity contribution in [2.45, 2.75) is 19.4 Å². The molecule has 19 heavy (non-hydrogen) atoms. The third kappa shape index (κ3) is 3.55. The van der Waals surface area contributed by atoms with Crippen LogP contribution < -0.4 is 5.32 Å². The lowest BCUT2D eigenvalue weighted by Gasteiger charge is -2.19. The largest absolute Gasteiger partial charge is 0.508 e. The molecule has 2 aromatic carbocycles. The summed E-state index contributed by atoms with van der Waals surface area (Å²) in [7, 11) is 0. The van der Waals surface area contributed by atoms with Gasteiger partial charge in [0.2, 0.25) is 0 Å². The summed E-state index contributed by atoms with van der Waals surface area (Å²) in [4.78, 5) is 0. The van der Waals surface area contributed by atoms with Crippen molar-refractivity contribution < 1.29 is 5.11 Å². The molecule has 0 amide bonds. The van der Waals surface area contributed by atoms with Crippen LogP contribution in [0.1, 0.15) is 24.9 Å². The van der Waals surface area contributed by atoms with Crippen LogP contribution >= 0.6 is 23.2 Å². The molecule has 0 radical (unpaired) electrons. The second-order valence-corrected chi connectivity index (χ2v) is 5.16. The molecule has 0 spiro atoms. The Morgan fingerprint density at radius 3 is 2.37 bits per heavy atom. The van der Waals surface area contributed by atoms with Gasteiger partial charge in [-0.15, -0.1) is 0 Å². The number of aromatic hydroxyl groups is 1. The Morgan fingerprint density at radius 2 is 1.79 bits per heavy atom. The van der Waals surface area contributed by atoms with E-state index in [-0.39, 0.29) is 11.8 Å². The molecule has 2 N–H and O–H groups in total. The first kappa shape index (κ1) is 14.0. The highest BCUT2D eigenvalue weighted by Gasteiger charge is 2.11. The van der Waals surface area contributed by atoms with Crippen molar-refractivity contribution in [3.8, 4) is 5.75 Å². The summed E-state index contributed by atoms with van der Waals surface area (Å²) >= 11 is 12.0. The fourth-order valence-electron chi connectivity index (χ4n) is 1.92. The maximum atomic E-state index is 9.32. The average molecular weight is 296 g/mol. The van der Waals surface area contributed by atoms with E-state index in [1.165, 1.54) is 0 Å². The Kier molecular flexibility index (Phi) is 4.56. The fraction of sp³-hybridized carbons (Fsp3) is 0.200. The van der Waals surface area contributed by atoms with Crippen LogP contribution in [0.15, 0.2) is 42.5 Å². The summed E-state index contributed by atoms with van der Waals surface area (Å²) in [5.74, 6) is 0.267. The van der Waals surface area contributed by atoms with Crippen LogP contribution in [0.2, 0.25) is 10.0 Å². The van der Waals surface area contributed by atoms with Crippen LogP contribution in [0.25, 0.3) is 0 Å². The van der Waals surface area contributed by atoms with Gasteiger partial charge in [0.1, 0.15) is 5.75 Å². The van der Waals surface area contributed by atoms with Crippen molar-refractivity contribution in [2.75, 3.05) is 5.32 Å². The number of phenolic OH excluding ortho intramolecular Hbond substituents is 1. The molecular weight excluding hydrogens is 281 g/mol. The molecule has 0 aliphatic carbocycles. The Bertz CT molecular complexity index is 555. The van der Waals surface area contributed by atoms with E-state index in [1.54, 1.807) is 24.3 Å². The number of rotatable bonds is 4. The van der Waals surface area contributed by atoms with Crippen molar-refractivity contribution in [1.82, 2.24) is 0 Å². The maximum Gasteiger partial charge on any atom is 0.115 e. The summed E-state index contributed by atoms with van der Waals surface area (Å²) in [6, 6.07) is 12.7. The zero-order valence-electron chi connectivity index (χ0n) is 10.5. The number of anilines is 1. The molecule has 0 fully saturated rings. The minimum absolute atomic E-state index is 0.138. The van der Waals surface area contributed by atoms with Gasteiger partial charge in [-0.1, -0.05) is 42.3 Å². The van der Waals surface area contributed by atoms with E-state index in [0.29, 0.717) is 10.0 Å². The van der Waals surface area contributed by atoms with Crippen LogP contribution in [0.4, 0.5) is 5.69 Å². The molecule has 0 heterocycles. The van der Waals surface area contributed by atoms with Gasteiger partial charge >= 0.3 is 0 Å². The Balaban J connectivity index is 2.21. The first-order valence-corrected chi connectivity index (χ1v) is 6.86. The molecule has 100 valence electrons. The molecular formula is C15H15Cl2NO. The highest BCUT2D eigenvalue weighted by molar-refractivity contribution is 6.36. The Hall–Kier alpha value is -1.38. The van der Waals surface area contributed by atoms with Crippen LogP contribution in [-0.2, 0) is 0 Å². The molecule has 0 saturated carbocycles. The normalized spacial score (nSPS) is 12.2. The zero-order chi connectivity index (χ0) is 13.8. The van der Waals surface area contributed by atoms with Gasteiger partial charge in [-0.25, -0.2) is 0 Å². The van der Waals surface area contributed by atoms with E-state index in [0.717, 1.165) is 17.7 Å². The Labute approximate surface area is 123 Å². The number of halogens is 2. The van der Waals surface area contributed by atoms with Crippen LogP contribution in [-0.4, -0.2) is 5.11 Å². The number of nitrogens with one attached hydrogen (secondary N) is 1. The number of benzene rings is 2. The quantitative estimate of drug-likeness (QED) is 0.806. The average Bonchev–Trinajstić information content (AvgIpc) is 2.39. The predicted octanol–water partition coefficient (Wildman–Crippen LogP) is 5.26. The lowest BCUT2D eigenvalue weighted by molar-refractivity contribution is 0.475. The third-order valence-corrected chi connectivity index (χ3v) is 3.51. The monoisotopic (exact) mass is 295 g/mol. The maximum absolute atomic E-state index is 9.32. The standard InChI is InChI=1S/C15H15Cl2NO/c1-2-14(10-3-6-12(19)7-4-10)18-15-8-5-11(16)9-13(15)17/h3-9,14,18-19H,2H2,1H3. The summed E-state index contributed by atoms with van der Waals surface area (Å²) < 4.78 is 0. The van der Waals surface area contributed by atoms with E-state index in [4.69, 9.17) is 23.2 Å². The second-order valence-electron chi connectivity index (χ2n) is 4.32. The van der Waals surface area contributed by atoms with Crippen LogP contribution in [0.5, 0.6) is 5.75 Å². The van der Waals surface area contributed by atoms with Crippen molar-refractivity contribution in [1.29, 1.82) is 0 Å². The van der Waals surface area contributed by atoms with E-state index in [1.807, 2.05) is 18.2 Å². The predicted molar refractivity (Wildman–Crippen MR) is 81.2 cm³/mol. The molecule has 0 aliphatic rings. The lowest BCUT2D eigenvalue weighted by atomic mass is 10.0. The Morgan fingerprint density at radius 1 is 1.11 bits per heavy atom. The van der Waals surface area contributed by atoms with E-state index in [9.17, 15) is 5.11 Å². The van der Waals surface area contributed by atoms with Gasteiger partial charge < -0.3 is 10.4 Å². The number of hydrogen-bond acceptors (Lipinski definition) is 2. The number of hydrogen-bond donors (Lipinski definition) is 2. The number of phenols is 1. The topological polar surface area (TPSA) is 32.3 Å². The summed E-state index contributed by atoms with van der Waals surface area (Å²) in [6.07, 6.45) is 0.906. The molecule has 0 aliphatic heterocycles. The van der Waals surface area contributed by atoms with Gasteiger partial charge in [0.05, 0.1) is 16.8 Å². The molecule has 0 aromatic heterocycles. The summed E-state index contributed by atoms with van der Waals surface area (Å²) in [6.45, 7) is 2.09. The smallest absolute Gasteiger partial charge is 0.115 e. The van der Waals surface area contributed by atoms with Gasteiger partial charge in [0.25, 0.3) is 0 Å². The highest BCUT2D eigenvalue weighted by atomic mass is 35.5. The van der Waals surface area contributed by atoms with E-state index >= 15 is 0 Å². The van der Waals surface area contributed by atoms with Crippen LogP contribution in [0.3, 0.4) is 0 Å². The van der Waals surface area contributed by atoms with Crippen LogP contribution in [0, 0.1) is 0 Å². The van der Waals surface area contributed by atoms with Gasteiger partial charge in [-0.2, -0.15) is 0 Å². The first-order valence-electron chi connectivity index (χ1n) is 6.10. The molecule has 2 aromatic rings. The van der Waals surface area contributed by atoms with Crippen molar-refractivity contribution >= 4 is 28.9 Å². The third-order valence-electron chi connectivity index (χ3n) is 2.96. The van der Waals surface area contributed by atoms with Gasteiger partial charge in [0.15, 0.2) is 0 Å². The van der Waals surface area contributed by atoms with Gasteiger partial charge in [0, 0.05) is 5.02 Å². The van der Waals surface area contributed by atoms with Gasteiger partial charge in [-0.3, -0.25) is 0 Å². The molecule has 2 nitrogen and oxygen atoms in total. The highest BCUT2D eigenvalue weighted by Crippen LogP contribution is 2.30. The van der Waals surface area contributed by atoms with Crippen molar-refractivity contribution in [3.63, 3.8) is 0 Å². The molecule has 4 heteroatoms. The van der Waals surface area contributed by atoms with Crippen molar-refractivity contribution in [3.05, 3.63) is 58.1 Å². The fourth-order valence-corrected chi connectivity index (χ4v) is 2.39. The lowest BCUT2D eigenvalue weighted by Crippen LogP contribution is -2.09. The molecule has 2 rings (SSSR count). The molecule has 1 unspecified atom stereocenters. The minimum atomic E-state index is 0.138. The van der Waals surface area contributed by atoms with E-state index in [2.05, 4.69) is 12.2 Å². The van der Waals surface area contributed by atoms with E-state index < -0.39 is 0 Å². The SMILES string of the molecule is CCC(Nc1ccc(Cl)cc1Cl)c1ccc(O)cc1. The summed E-state index contributed by atoms with van der Waals surface area (Å²) in [5.41, 5.74) is 1.96. The zero-order valence-corrected chi connectivity index (χ0v) is 12.0. The minimum Gasteiger partial charge on any atom is -0.508 e. The summed E-state index contributed by atoms with van der Waals surface area (Å²) in [5, 5.41) is 13.9.